The highest BCUT2D eigenvalue weighted by Crippen LogP contribution is 2.19. The van der Waals surface area contributed by atoms with Crippen molar-refractivity contribution in [1.29, 1.82) is 0 Å². The minimum absolute atomic E-state index is 0.155. The standard InChI is InChI=1S/C18H23N3O2/c1-13-6-4-7-16(14(13)2)21-18(22)15-8-9-17(20-12-15)19-10-5-11-23-3/h4,6-9,12H,5,10-11H2,1-3H3,(H,19,20)(H,21,22). The van der Waals surface area contributed by atoms with Crippen LogP contribution in [0.5, 0.6) is 0 Å². The van der Waals surface area contributed by atoms with E-state index in [-0.39, 0.29) is 5.91 Å². The van der Waals surface area contributed by atoms with Crippen LogP contribution in [0.25, 0.3) is 0 Å². The van der Waals surface area contributed by atoms with E-state index >= 15 is 0 Å². The van der Waals surface area contributed by atoms with Crippen LogP contribution in [0, 0.1) is 13.8 Å². The number of pyridine rings is 1. The molecular formula is C18H23N3O2. The molecule has 0 aliphatic rings. The summed E-state index contributed by atoms with van der Waals surface area (Å²) < 4.78 is 4.99. The van der Waals surface area contributed by atoms with Gasteiger partial charge in [-0.15, -0.1) is 0 Å². The van der Waals surface area contributed by atoms with Crippen molar-refractivity contribution in [2.75, 3.05) is 30.9 Å². The Morgan fingerprint density at radius 1 is 1.22 bits per heavy atom. The van der Waals surface area contributed by atoms with Crippen molar-refractivity contribution in [1.82, 2.24) is 4.98 Å². The number of rotatable bonds is 7. The molecule has 1 aromatic carbocycles. The first kappa shape index (κ1) is 17.0. The van der Waals surface area contributed by atoms with E-state index in [4.69, 9.17) is 4.74 Å². The lowest BCUT2D eigenvalue weighted by atomic mass is 10.1. The fraction of sp³-hybridized carbons (Fsp3) is 0.333. The number of aromatic nitrogens is 1. The van der Waals surface area contributed by atoms with Gasteiger partial charge in [0, 0.05) is 32.1 Å². The number of nitrogens with zero attached hydrogens (tertiary/aromatic N) is 1. The zero-order valence-electron chi connectivity index (χ0n) is 13.8. The number of ether oxygens (including phenoxy) is 1. The number of amides is 1. The second kappa shape index (κ2) is 8.29. The summed E-state index contributed by atoms with van der Waals surface area (Å²) in [6.07, 6.45) is 2.49. The lowest BCUT2D eigenvalue weighted by Gasteiger charge is -2.10. The normalized spacial score (nSPS) is 10.4. The first-order chi connectivity index (χ1) is 11.1. The third kappa shape index (κ3) is 4.79. The van der Waals surface area contributed by atoms with Crippen molar-refractivity contribution in [3.63, 3.8) is 0 Å². The number of hydrogen-bond acceptors (Lipinski definition) is 4. The number of aryl methyl sites for hydroxylation is 1. The van der Waals surface area contributed by atoms with Crippen LogP contribution in [0.3, 0.4) is 0 Å². The number of carbonyl (C=O) groups is 1. The van der Waals surface area contributed by atoms with Crippen LogP contribution in [-0.2, 0) is 4.74 Å². The van der Waals surface area contributed by atoms with Gasteiger partial charge in [0.1, 0.15) is 5.82 Å². The summed E-state index contributed by atoms with van der Waals surface area (Å²) in [7, 11) is 1.68. The van der Waals surface area contributed by atoms with Crippen LogP contribution in [0.2, 0.25) is 0 Å². The Morgan fingerprint density at radius 3 is 2.74 bits per heavy atom. The Balaban J connectivity index is 1.96. The van der Waals surface area contributed by atoms with E-state index in [9.17, 15) is 4.79 Å². The smallest absolute Gasteiger partial charge is 0.257 e. The molecule has 0 saturated heterocycles. The van der Waals surface area contributed by atoms with Gasteiger partial charge >= 0.3 is 0 Å². The van der Waals surface area contributed by atoms with Crippen LogP contribution < -0.4 is 10.6 Å². The van der Waals surface area contributed by atoms with Gasteiger partial charge in [-0.1, -0.05) is 12.1 Å². The molecule has 2 N–H and O–H groups in total. The van der Waals surface area contributed by atoms with Crippen molar-refractivity contribution in [3.05, 3.63) is 53.2 Å². The van der Waals surface area contributed by atoms with Crippen molar-refractivity contribution in [3.8, 4) is 0 Å². The van der Waals surface area contributed by atoms with Gasteiger partial charge in [0.15, 0.2) is 0 Å². The second-order valence-corrected chi connectivity index (χ2v) is 5.41. The zero-order chi connectivity index (χ0) is 16.7. The largest absolute Gasteiger partial charge is 0.385 e. The molecule has 0 saturated carbocycles. The number of carbonyl (C=O) groups excluding carboxylic acids is 1. The third-order valence-electron chi connectivity index (χ3n) is 3.71. The topological polar surface area (TPSA) is 63.2 Å². The monoisotopic (exact) mass is 313 g/mol. The highest BCUT2D eigenvalue weighted by atomic mass is 16.5. The summed E-state index contributed by atoms with van der Waals surface area (Å²) in [6.45, 7) is 5.52. The average Bonchev–Trinajstić information content (AvgIpc) is 2.56. The summed E-state index contributed by atoms with van der Waals surface area (Å²) >= 11 is 0. The molecule has 0 unspecified atom stereocenters. The molecule has 122 valence electrons. The molecule has 23 heavy (non-hydrogen) atoms. The van der Waals surface area contributed by atoms with Crippen molar-refractivity contribution >= 4 is 17.4 Å². The highest BCUT2D eigenvalue weighted by Gasteiger charge is 2.09. The van der Waals surface area contributed by atoms with E-state index in [1.807, 2.05) is 38.1 Å². The van der Waals surface area contributed by atoms with E-state index in [2.05, 4.69) is 15.6 Å². The summed E-state index contributed by atoms with van der Waals surface area (Å²) in [4.78, 5) is 16.6. The molecule has 0 aliphatic carbocycles. The van der Waals surface area contributed by atoms with Gasteiger partial charge in [-0.25, -0.2) is 4.98 Å². The molecule has 0 radical (unpaired) electrons. The predicted octanol–water partition coefficient (Wildman–Crippen LogP) is 3.40. The molecule has 2 rings (SSSR count). The maximum atomic E-state index is 12.3. The van der Waals surface area contributed by atoms with Crippen molar-refractivity contribution in [2.45, 2.75) is 20.3 Å². The van der Waals surface area contributed by atoms with Gasteiger partial charge in [-0.05, 0) is 49.6 Å². The lowest BCUT2D eigenvalue weighted by Crippen LogP contribution is -2.14. The number of nitrogens with one attached hydrogen (secondary N) is 2. The Bertz CT molecular complexity index is 654. The second-order valence-electron chi connectivity index (χ2n) is 5.41. The minimum atomic E-state index is -0.155. The number of hydrogen-bond donors (Lipinski definition) is 2. The quantitative estimate of drug-likeness (QED) is 0.769. The molecule has 0 spiro atoms. The molecule has 0 atom stereocenters. The van der Waals surface area contributed by atoms with E-state index in [1.54, 1.807) is 19.4 Å². The van der Waals surface area contributed by atoms with Crippen molar-refractivity contribution in [2.24, 2.45) is 0 Å². The Labute approximate surface area is 137 Å². The fourth-order valence-electron chi connectivity index (χ4n) is 2.15. The Kier molecular flexibility index (Phi) is 6.11. The maximum absolute atomic E-state index is 12.3. The summed E-state index contributed by atoms with van der Waals surface area (Å²) in [5.41, 5.74) is 3.59. The third-order valence-corrected chi connectivity index (χ3v) is 3.71. The van der Waals surface area contributed by atoms with E-state index < -0.39 is 0 Å². The van der Waals surface area contributed by atoms with Gasteiger partial charge in [0.25, 0.3) is 5.91 Å². The van der Waals surface area contributed by atoms with Crippen LogP contribution in [0.4, 0.5) is 11.5 Å². The van der Waals surface area contributed by atoms with Crippen LogP contribution in [0.1, 0.15) is 27.9 Å². The van der Waals surface area contributed by atoms with E-state index in [1.165, 1.54) is 0 Å². The molecular weight excluding hydrogens is 290 g/mol. The first-order valence-electron chi connectivity index (χ1n) is 7.68. The molecule has 1 amide bonds. The fourth-order valence-corrected chi connectivity index (χ4v) is 2.15. The summed E-state index contributed by atoms with van der Waals surface area (Å²) in [5, 5.41) is 6.12. The minimum Gasteiger partial charge on any atom is -0.385 e. The lowest BCUT2D eigenvalue weighted by molar-refractivity contribution is 0.102. The molecule has 5 heteroatoms. The van der Waals surface area contributed by atoms with E-state index in [0.717, 1.165) is 35.6 Å². The van der Waals surface area contributed by atoms with Crippen LogP contribution >= 0.6 is 0 Å². The van der Waals surface area contributed by atoms with Gasteiger partial charge < -0.3 is 15.4 Å². The molecule has 0 fully saturated rings. The molecule has 5 nitrogen and oxygen atoms in total. The van der Waals surface area contributed by atoms with Crippen LogP contribution in [0.15, 0.2) is 36.5 Å². The number of benzene rings is 1. The van der Waals surface area contributed by atoms with Crippen LogP contribution in [-0.4, -0.2) is 31.2 Å². The van der Waals surface area contributed by atoms with Gasteiger partial charge in [0.2, 0.25) is 0 Å². The predicted molar refractivity (Wildman–Crippen MR) is 93.1 cm³/mol. The molecule has 0 bridgehead atoms. The van der Waals surface area contributed by atoms with Crippen molar-refractivity contribution < 1.29 is 9.53 Å². The molecule has 1 aromatic heterocycles. The SMILES string of the molecule is COCCCNc1ccc(C(=O)Nc2cccc(C)c2C)cn1. The maximum Gasteiger partial charge on any atom is 0.257 e. The average molecular weight is 313 g/mol. The molecule has 2 aromatic rings. The van der Waals surface area contributed by atoms with Gasteiger partial charge in [0.05, 0.1) is 5.56 Å². The number of methoxy groups -OCH3 is 1. The zero-order valence-corrected chi connectivity index (χ0v) is 13.8. The van der Waals surface area contributed by atoms with Gasteiger partial charge in [-0.2, -0.15) is 0 Å². The molecule has 1 heterocycles. The van der Waals surface area contributed by atoms with Gasteiger partial charge in [-0.3, -0.25) is 4.79 Å². The summed E-state index contributed by atoms with van der Waals surface area (Å²) in [6, 6.07) is 9.44. The number of anilines is 2. The Morgan fingerprint density at radius 2 is 2.04 bits per heavy atom. The Hall–Kier alpha value is -2.40. The molecule has 0 aliphatic heterocycles. The van der Waals surface area contributed by atoms with E-state index in [0.29, 0.717) is 12.2 Å². The first-order valence-corrected chi connectivity index (χ1v) is 7.68. The summed E-state index contributed by atoms with van der Waals surface area (Å²) in [5.74, 6) is 0.599. The highest BCUT2D eigenvalue weighted by molar-refractivity contribution is 6.04.